The highest BCUT2D eigenvalue weighted by molar-refractivity contribution is 5.95. The van der Waals surface area contributed by atoms with Crippen LogP contribution >= 0.6 is 0 Å². The summed E-state index contributed by atoms with van der Waals surface area (Å²) < 4.78 is 9.47. The molecule has 0 aliphatic rings. The number of ether oxygens (including phenoxy) is 2. The molecule has 0 atom stereocenters. The van der Waals surface area contributed by atoms with Crippen molar-refractivity contribution in [3.8, 4) is 23.0 Å². The second kappa shape index (κ2) is 3.95. The predicted octanol–water partition coefficient (Wildman–Crippen LogP) is 0.813. The average Bonchev–Trinajstić information content (AvgIpc) is 2.20. The molecule has 0 spiro atoms. The normalized spacial score (nSPS) is 9.73. The van der Waals surface area contributed by atoms with Gasteiger partial charge in [0.2, 0.25) is 5.75 Å². The van der Waals surface area contributed by atoms with Crippen molar-refractivity contribution in [1.82, 2.24) is 0 Å². The number of carbonyl (C=O) groups is 1. The number of carboxylic acid groups (broad SMARTS) is 1. The third-order valence-corrected chi connectivity index (χ3v) is 1.86. The average molecular weight is 214 g/mol. The van der Waals surface area contributed by atoms with Crippen molar-refractivity contribution in [2.24, 2.45) is 0 Å². The van der Waals surface area contributed by atoms with Crippen LogP contribution in [0, 0.1) is 0 Å². The molecule has 0 fully saturated rings. The number of benzene rings is 1. The number of aromatic hydroxyl groups is 2. The van der Waals surface area contributed by atoms with Crippen LogP contribution in [-0.2, 0) is 0 Å². The molecule has 82 valence electrons. The Kier molecular flexibility index (Phi) is 2.89. The first-order valence-electron chi connectivity index (χ1n) is 3.93. The van der Waals surface area contributed by atoms with E-state index in [0.29, 0.717) is 0 Å². The smallest absolute Gasteiger partial charge is 0.343 e. The quantitative estimate of drug-likeness (QED) is 0.644. The van der Waals surface area contributed by atoms with E-state index in [1.165, 1.54) is 20.3 Å². The van der Waals surface area contributed by atoms with Gasteiger partial charge in [-0.3, -0.25) is 0 Å². The minimum Gasteiger partial charge on any atom is -0.503 e. The summed E-state index contributed by atoms with van der Waals surface area (Å²) in [6.45, 7) is 0. The van der Waals surface area contributed by atoms with Crippen molar-refractivity contribution in [2.75, 3.05) is 14.2 Å². The Morgan fingerprint density at radius 3 is 2.07 bits per heavy atom. The fourth-order valence-electron chi connectivity index (χ4n) is 1.13. The Labute approximate surface area is 85.3 Å². The van der Waals surface area contributed by atoms with Crippen LogP contribution in [0.4, 0.5) is 0 Å². The van der Waals surface area contributed by atoms with Gasteiger partial charge in [-0.2, -0.15) is 0 Å². The van der Waals surface area contributed by atoms with Crippen LogP contribution in [-0.4, -0.2) is 35.5 Å². The molecule has 0 aromatic heterocycles. The zero-order valence-corrected chi connectivity index (χ0v) is 8.14. The lowest BCUT2D eigenvalue weighted by Crippen LogP contribution is -2.02. The van der Waals surface area contributed by atoms with Crippen LogP contribution in [0.5, 0.6) is 23.0 Å². The Morgan fingerprint density at radius 1 is 1.13 bits per heavy atom. The van der Waals surface area contributed by atoms with Gasteiger partial charge in [0.25, 0.3) is 0 Å². The summed E-state index contributed by atoms with van der Waals surface area (Å²) in [6.07, 6.45) is 0. The lowest BCUT2D eigenvalue weighted by atomic mass is 10.1. The first-order valence-corrected chi connectivity index (χ1v) is 3.93. The Morgan fingerprint density at radius 2 is 1.67 bits per heavy atom. The molecule has 0 aliphatic heterocycles. The van der Waals surface area contributed by atoms with E-state index >= 15 is 0 Å². The molecule has 0 radical (unpaired) electrons. The molecular formula is C9H10O6. The highest BCUT2D eigenvalue weighted by Crippen LogP contribution is 2.43. The van der Waals surface area contributed by atoms with Crippen molar-refractivity contribution < 1.29 is 29.6 Å². The number of hydrogen-bond donors (Lipinski definition) is 3. The number of methoxy groups -OCH3 is 2. The number of rotatable bonds is 3. The Hall–Kier alpha value is -2.11. The minimum absolute atomic E-state index is 0.0608. The number of aromatic carboxylic acids is 1. The van der Waals surface area contributed by atoms with E-state index in [1.807, 2.05) is 0 Å². The predicted molar refractivity (Wildman–Crippen MR) is 49.8 cm³/mol. The summed E-state index contributed by atoms with van der Waals surface area (Å²) in [5, 5.41) is 27.5. The summed E-state index contributed by atoms with van der Waals surface area (Å²) in [4.78, 5) is 10.8. The van der Waals surface area contributed by atoms with Crippen LogP contribution in [0.15, 0.2) is 6.07 Å². The summed E-state index contributed by atoms with van der Waals surface area (Å²) in [7, 11) is 2.52. The number of hydrogen-bond acceptors (Lipinski definition) is 5. The van der Waals surface area contributed by atoms with Crippen molar-refractivity contribution >= 4 is 5.97 Å². The van der Waals surface area contributed by atoms with Gasteiger partial charge in [0.1, 0.15) is 11.3 Å². The standard InChI is InChI=1S/C9H10O6/c1-14-4-3-5(15-2)7(10)8(11)6(4)9(12)13/h3,10-11H,1-2H3,(H,12,13). The van der Waals surface area contributed by atoms with E-state index in [0.717, 1.165) is 0 Å². The maximum atomic E-state index is 10.8. The third kappa shape index (κ3) is 1.74. The lowest BCUT2D eigenvalue weighted by Gasteiger charge is -2.11. The van der Waals surface area contributed by atoms with Gasteiger partial charge in [0.05, 0.1) is 14.2 Å². The molecule has 0 amide bonds. The largest absolute Gasteiger partial charge is 0.503 e. The van der Waals surface area contributed by atoms with Gasteiger partial charge in [-0.15, -0.1) is 0 Å². The molecule has 6 nitrogen and oxygen atoms in total. The molecule has 0 saturated carbocycles. The maximum Gasteiger partial charge on any atom is 0.343 e. The molecular weight excluding hydrogens is 204 g/mol. The van der Waals surface area contributed by atoms with Gasteiger partial charge in [-0.25, -0.2) is 4.79 Å². The molecule has 0 aliphatic carbocycles. The number of phenolic OH excluding ortho intramolecular Hbond substituents is 1. The highest BCUT2D eigenvalue weighted by atomic mass is 16.5. The van der Waals surface area contributed by atoms with Crippen LogP contribution < -0.4 is 9.47 Å². The zero-order chi connectivity index (χ0) is 11.6. The third-order valence-electron chi connectivity index (χ3n) is 1.86. The molecule has 0 saturated heterocycles. The SMILES string of the molecule is COc1cc(OC)c(C(=O)O)c(O)c1O. The van der Waals surface area contributed by atoms with Crippen molar-refractivity contribution in [3.63, 3.8) is 0 Å². The first-order chi connectivity index (χ1) is 7.02. The van der Waals surface area contributed by atoms with E-state index in [4.69, 9.17) is 14.6 Å². The molecule has 1 aromatic rings. The molecule has 3 N–H and O–H groups in total. The van der Waals surface area contributed by atoms with Crippen LogP contribution in [0.2, 0.25) is 0 Å². The van der Waals surface area contributed by atoms with Crippen LogP contribution in [0.3, 0.4) is 0 Å². The van der Waals surface area contributed by atoms with E-state index in [-0.39, 0.29) is 11.5 Å². The Balaban J connectivity index is 3.51. The fourth-order valence-corrected chi connectivity index (χ4v) is 1.13. The molecule has 15 heavy (non-hydrogen) atoms. The number of carboxylic acids is 1. The maximum absolute atomic E-state index is 10.8. The van der Waals surface area contributed by atoms with E-state index in [9.17, 15) is 15.0 Å². The van der Waals surface area contributed by atoms with Crippen LogP contribution in [0.25, 0.3) is 0 Å². The van der Waals surface area contributed by atoms with Crippen molar-refractivity contribution in [1.29, 1.82) is 0 Å². The van der Waals surface area contributed by atoms with E-state index < -0.39 is 23.0 Å². The molecule has 1 aromatic carbocycles. The number of phenols is 2. The molecule has 0 bridgehead atoms. The first kappa shape index (κ1) is 11.0. The summed E-state index contributed by atoms with van der Waals surface area (Å²) in [5.74, 6) is -2.96. The van der Waals surface area contributed by atoms with Crippen molar-refractivity contribution in [3.05, 3.63) is 11.6 Å². The van der Waals surface area contributed by atoms with Crippen molar-refractivity contribution in [2.45, 2.75) is 0 Å². The van der Waals surface area contributed by atoms with Gasteiger partial charge >= 0.3 is 5.97 Å². The molecule has 0 unspecified atom stereocenters. The monoisotopic (exact) mass is 214 g/mol. The Bertz CT molecular complexity index is 398. The lowest BCUT2D eigenvalue weighted by molar-refractivity contribution is 0.0689. The fraction of sp³-hybridized carbons (Fsp3) is 0.222. The summed E-state index contributed by atoms with van der Waals surface area (Å²) >= 11 is 0. The highest BCUT2D eigenvalue weighted by Gasteiger charge is 2.23. The molecule has 1 rings (SSSR count). The van der Waals surface area contributed by atoms with Gasteiger partial charge in [0, 0.05) is 6.07 Å². The molecule has 0 heterocycles. The van der Waals surface area contributed by atoms with Gasteiger partial charge < -0.3 is 24.8 Å². The topological polar surface area (TPSA) is 96.2 Å². The second-order valence-corrected chi connectivity index (χ2v) is 2.66. The van der Waals surface area contributed by atoms with Crippen LogP contribution in [0.1, 0.15) is 10.4 Å². The summed E-state index contributed by atoms with van der Waals surface area (Å²) in [5.41, 5.74) is -0.504. The van der Waals surface area contributed by atoms with Gasteiger partial charge in [0.15, 0.2) is 11.5 Å². The van der Waals surface area contributed by atoms with E-state index in [2.05, 4.69) is 0 Å². The summed E-state index contributed by atoms with van der Waals surface area (Å²) in [6, 6.07) is 1.18. The van der Waals surface area contributed by atoms with E-state index in [1.54, 1.807) is 0 Å². The van der Waals surface area contributed by atoms with Gasteiger partial charge in [-0.1, -0.05) is 0 Å². The van der Waals surface area contributed by atoms with Gasteiger partial charge in [-0.05, 0) is 0 Å². The molecule has 6 heteroatoms. The minimum atomic E-state index is -1.40. The zero-order valence-electron chi connectivity index (χ0n) is 8.14. The second-order valence-electron chi connectivity index (χ2n) is 2.66.